The predicted molar refractivity (Wildman–Crippen MR) is 86.9 cm³/mol. The van der Waals surface area contributed by atoms with E-state index in [0.29, 0.717) is 11.5 Å². The molecule has 2 nitrogen and oxygen atoms in total. The van der Waals surface area contributed by atoms with Gasteiger partial charge in [-0.3, -0.25) is 4.99 Å². The molecule has 1 heterocycles. The Labute approximate surface area is 123 Å². The van der Waals surface area contributed by atoms with E-state index in [9.17, 15) is 0 Å². The maximum atomic E-state index is 4.84. The second-order valence-corrected chi connectivity index (χ2v) is 7.84. The third-order valence-electron chi connectivity index (χ3n) is 5.08. The zero-order valence-corrected chi connectivity index (χ0v) is 13.9. The molecule has 1 aliphatic heterocycles. The minimum absolute atomic E-state index is 0.461. The van der Waals surface area contributed by atoms with Gasteiger partial charge in [0.15, 0.2) is 5.17 Å². The van der Waals surface area contributed by atoms with Gasteiger partial charge in [0.1, 0.15) is 0 Å². The molecule has 0 aromatic rings. The van der Waals surface area contributed by atoms with E-state index in [1.165, 1.54) is 43.0 Å². The fourth-order valence-corrected chi connectivity index (χ4v) is 4.91. The van der Waals surface area contributed by atoms with Gasteiger partial charge in [-0.1, -0.05) is 39.5 Å². The Kier molecular flexibility index (Phi) is 5.22. The van der Waals surface area contributed by atoms with Gasteiger partial charge in [0, 0.05) is 18.3 Å². The molecule has 0 aromatic heterocycles. The highest BCUT2D eigenvalue weighted by Crippen LogP contribution is 2.35. The van der Waals surface area contributed by atoms with Crippen molar-refractivity contribution in [2.75, 3.05) is 12.3 Å². The zero-order chi connectivity index (χ0) is 13.9. The molecule has 3 heteroatoms. The van der Waals surface area contributed by atoms with E-state index in [0.717, 1.165) is 18.4 Å². The molecule has 1 saturated carbocycles. The molecule has 1 N–H and O–H groups in total. The lowest BCUT2D eigenvalue weighted by atomic mass is 9.80. The quantitative estimate of drug-likeness (QED) is 0.834. The number of hydrogen-bond donors (Lipinski definition) is 1. The molecule has 1 aliphatic carbocycles. The molecule has 0 bridgehead atoms. The van der Waals surface area contributed by atoms with Crippen molar-refractivity contribution in [1.29, 1.82) is 0 Å². The summed E-state index contributed by atoms with van der Waals surface area (Å²) in [7, 11) is 0. The molecule has 0 radical (unpaired) electrons. The van der Waals surface area contributed by atoms with E-state index in [2.05, 4.69) is 33.0 Å². The summed E-state index contributed by atoms with van der Waals surface area (Å²) in [5, 5.41) is 4.93. The average molecular weight is 282 g/mol. The van der Waals surface area contributed by atoms with Crippen LogP contribution in [-0.2, 0) is 0 Å². The summed E-state index contributed by atoms with van der Waals surface area (Å²) in [4.78, 5) is 4.84. The van der Waals surface area contributed by atoms with Crippen molar-refractivity contribution < 1.29 is 0 Å². The third-order valence-corrected chi connectivity index (χ3v) is 6.36. The van der Waals surface area contributed by atoms with Crippen LogP contribution in [0.4, 0.5) is 0 Å². The van der Waals surface area contributed by atoms with Gasteiger partial charge in [-0.15, -0.1) is 0 Å². The summed E-state index contributed by atoms with van der Waals surface area (Å²) >= 11 is 1.95. The molecule has 2 aliphatic rings. The smallest absolute Gasteiger partial charge is 0.156 e. The van der Waals surface area contributed by atoms with Crippen molar-refractivity contribution in [3.05, 3.63) is 0 Å². The fraction of sp³-hybridized carbons (Fsp3) is 0.938. The Morgan fingerprint density at radius 2 is 1.79 bits per heavy atom. The van der Waals surface area contributed by atoms with Crippen LogP contribution >= 0.6 is 11.8 Å². The summed E-state index contributed by atoms with van der Waals surface area (Å²) in [6, 6.07) is 0.653. The van der Waals surface area contributed by atoms with Crippen LogP contribution in [0.5, 0.6) is 0 Å². The van der Waals surface area contributed by atoms with Gasteiger partial charge in [-0.05, 0) is 49.4 Å². The molecule has 19 heavy (non-hydrogen) atoms. The van der Waals surface area contributed by atoms with Crippen LogP contribution in [-0.4, -0.2) is 23.5 Å². The second kappa shape index (κ2) is 6.51. The highest BCUT2D eigenvalue weighted by Gasteiger charge is 2.31. The first-order valence-corrected chi connectivity index (χ1v) is 8.99. The van der Waals surface area contributed by atoms with E-state index in [-0.39, 0.29) is 0 Å². The topological polar surface area (TPSA) is 24.4 Å². The average Bonchev–Trinajstić information content (AvgIpc) is 2.39. The highest BCUT2D eigenvalue weighted by atomic mass is 32.2. The number of hydrogen-bond acceptors (Lipinski definition) is 3. The summed E-state index contributed by atoms with van der Waals surface area (Å²) in [5.74, 6) is 2.96. The van der Waals surface area contributed by atoms with Crippen molar-refractivity contribution in [3.8, 4) is 0 Å². The first kappa shape index (κ1) is 15.2. The summed E-state index contributed by atoms with van der Waals surface area (Å²) in [6.07, 6.45) is 6.54. The number of thioether (sulfide) groups is 1. The highest BCUT2D eigenvalue weighted by molar-refractivity contribution is 8.13. The molecular weight excluding hydrogens is 252 g/mol. The van der Waals surface area contributed by atoms with Crippen LogP contribution in [0.1, 0.15) is 59.8 Å². The molecular formula is C16H30N2S. The van der Waals surface area contributed by atoms with Crippen LogP contribution in [0.3, 0.4) is 0 Å². The maximum absolute atomic E-state index is 4.84. The minimum Gasteiger partial charge on any atom is -0.362 e. The van der Waals surface area contributed by atoms with Crippen molar-refractivity contribution >= 4 is 16.9 Å². The van der Waals surface area contributed by atoms with E-state index in [4.69, 9.17) is 4.99 Å². The molecule has 0 saturated heterocycles. The van der Waals surface area contributed by atoms with Crippen molar-refractivity contribution in [2.24, 2.45) is 22.2 Å². The third kappa shape index (κ3) is 3.90. The van der Waals surface area contributed by atoms with Gasteiger partial charge >= 0.3 is 0 Å². The summed E-state index contributed by atoms with van der Waals surface area (Å²) in [5.41, 5.74) is 0.461. The molecule has 1 fully saturated rings. The van der Waals surface area contributed by atoms with Gasteiger partial charge in [0.25, 0.3) is 0 Å². The van der Waals surface area contributed by atoms with Gasteiger partial charge in [0.2, 0.25) is 0 Å². The molecule has 110 valence electrons. The van der Waals surface area contributed by atoms with E-state index >= 15 is 0 Å². The lowest BCUT2D eigenvalue weighted by Gasteiger charge is -2.36. The number of aliphatic imine (C=N–C) groups is 1. The minimum atomic E-state index is 0.461. The maximum Gasteiger partial charge on any atom is 0.156 e. The summed E-state index contributed by atoms with van der Waals surface area (Å²) in [6.45, 7) is 10.4. The molecule has 2 unspecified atom stereocenters. The van der Waals surface area contributed by atoms with Crippen LogP contribution in [0.25, 0.3) is 0 Å². The van der Waals surface area contributed by atoms with Gasteiger partial charge in [-0.2, -0.15) is 0 Å². The van der Waals surface area contributed by atoms with Crippen molar-refractivity contribution in [3.63, 3.8) is 0 Å². The lowest BCUT2D eigenvalue weighted by Crippen LogP contribution is -2.42. The number of nitrogens with one attached hydrogen (secondary N) is 1. The Morgan fingerprint density at radius 3 is 2.26 bits per heavy atom. The monoisotopic (exact) mass is 282 g/mol. The van der Waals surface area contributed by atoms with Crippen molar-refractivity contribution in [1.82, 2.24) is 5.32 Å². The second-order valence-electron chi connectivity index (χ2n) is 6.88. The predicted octanol–water partition coefficient (Wildman–Crippen LogP) is 4.31. The Hall–Kier alpha value is -0.180. The first-order valence-electron chi connectivity index (χ1n) is 8.00. The van der Waals surface area contributed by atoms with Crippen LogP contribution < -0.4 is 5.32 Å². The SMILES string of the molecule is CCC1(CC)CN=C(NC2CC(C)CC(C)C2)SC1. The van der Waals surface area contributed by atoms with E-state index < -0.39 is 0 Å². The number of rotatable bonds is 3. The fourth-order valence-electron chi connectivity index (χ4n) is 3.56. The Bertz CT molecular complexity index is 313. The molecule has 2 atom stereocenters. The largest absolute Gasteiger partial charge is 0.362 e. The standard InChI is InChI=1S/C16H30N2S/c1-5-16(6-2)10-17-15(19-11-16)18-14-8-12(3)7-13(4)9-14/h12-14H,5-11H2,1-4H3,(H,17,18). The van der Waals surface area contributed by atoms with Gasteiger partial charge < -0.3 is 5.32 Å². The van der Waals surface area contributed by atoms with Crippen LogP contribution in [0, 0.1) is 17.3 Å². The first-order chi connectivity index (χ1) is 9.07. The normalized spacial score (nSPS) is 34.7. The molecule has 2 rings (SSSR count). The van der Waals surface area contributed by atoms with Gasteiger partial charge in [-0.25, -0.2) is 0 Å². The van der Waals surface area contributed by atoms with Crippen LogP contribution in [0.2, 0.25) is 0 Å². The van der Waals surface area contributed by atoms with Gasteiger partial charge in [0.05, 0.1) is 0 Å². The van der Waals surface area contributed by atoms with E-state index in [1.807, 2.05) is 11.8 Å². The summed E-state index contributed by atoms with van der Waals surface area (Å²) < 4.78 is 0. The zero-order valence-electron chi connectivity index (χ0n) is 13.0. The molecule has 0 amide bonds. The number of amidine groups is 1. The molecule has 0 aromatic carbocycles. The van der Waals surface area contributed by atoms with Crippen molar-refractivity contribution in [2.45, 2.75) is 65.8 Å². The lowest BCUT2D eigenvalue weighted by molar-refractivity contribution is 0.256. The Morgan fingerprint density at radius 1 is 1.16 bits per heavy atom. The Balaban J connectivity index is 1.89. The van der Waals surface area contributed by atoms with Crippen LogP contribution in [0.15, 0.2) is 4.99 Å². The van der Waals surface area contributed by atoms with E-state index in [1.54, 1.807) is 0 Å². The number of nitrogens with zero attached hydrogens (tertiary/aromatic N) is 1. The molecule has 0 spiro atoms.